The Bertz CT molecular complexity index is 949. The SMILES string of the molecule is COc1ccc(S(=O)(=O)N2CC[NH+](Cc3cc(C)on3)CC2)cc1NC(C)=O. The zero-order chi connectivity index (χ0) is 20.3. The summed E-state index contributed by atoms with van der Waals surface area (Å²) < 4.78 is 37.8. The largest absolute Gasteiger partial charge is 0.495 e. The van der Waals surface area contributed by atoms with E-state index in [9.17, 15) is 13.2 Å². The molecule has 3 rings (SSSR count). The minimum absolute atomic E-state index is 0.132. The van der Waals surface area contributed by atoms with Gasteiger partial charge in [0.25, 0.3) is 0 Å². The number of rotatable bonds is 6. The van der Waals surface area contributed by atoms with Crippen molar-refractivity contribution in [3.05, 3.63) is 35.7 Å². The number of quaternary nitrogens is 1. The summed E-state index contributed by atoms with van der Waals surface area (Å²) in [5, 5.41) is 6.61. The first-order valence-corrected chi connectivity index (χ1v) is 10.4. The summed E-state index contributed by atoms with van der Waals surface area (Å²) in [7, 11) is -2.19. The standard InChI is InChI=1S/C18H24N4O5S/c1-13-10-15(20-27-13)12-21-6-8-22(9-7-21)28(24,25)16-4-5-18(26-3)17(11-16)19-14(2)23/h4-5,10-11H,6-9,12H2,1-3H3,(H,19,23)/p+1. The molecule has 152 valence electrons. The molecule has 2 heterocycles. The first-order chi connectivity index (χ1) is 13.3. The van der Waals surface area contributed by atoms with Crippen molar-refractivity contribution in [1.29, 1.82) is 0 Å². The third-order valence-corrected chi connectivity index (χ3v) is 6.55. The molecule has 1 amide bonds. The Kier molecular flexibility index (Phi) is 6.01. The molecule has 0 saturated carbocycles. The van der Waals surface area contributed by atoms with E-state index in [2.05, 4.69) is 10.5 Å². The molecule has 0 unspecified atom stereocenters. The van der Waals surface area contributed by atoms with Crippen molar-refractivity contribution in [2.45, 2.75) is 25.3 Å². The topological polar surface area (TPSA) is 106 Å². The van der Waals surface area contributed by atoms with Gasteiger partial charge in [-0.3, -0.25) is 4.79 Å². The first kappa shape index (κ1) is 20.3. The number of amides is 1. The number of nitrogens with zero attached hydrogens (tertiary/aromatic N) is 2. The monoisotopic (exact) mass is 409 g/mol. The van der Waals surface area contributed by atoms with Crippen LogP contribution in [-0.4, -0.2) is 57.1 Å². The average molecular weight is 409 g/mol. The number of hydrogen-bond donors (Lipinski definition) is 2. The van der Waals surface area contributed by atoms with Crippen LogP contribution in [0.15, 0.2) is 33.7 Å². The second-order valence-electron chi connectivity index (χ2n) is 6.80. The number of anilines is 1. The Morgan fingerprint density at radius 2 is 2.04 bits per heavy atom. The molecule has 1 saturated heterocycles. The number of carbonyl (C=O) groups excluding carboxylic acids is 1. The molecule has 1 aliphatic heterocycles. The van der Waals surface area contributed by atoms with Gasteiger partial charge in [-0.05, 0) is 25.1 Å². The lowest BCUT2D eigenvalue weighted by Crippen LogP contribution is -3.13. The number of aromatic nitrogens is 1. The summed E-state index contributed by atoms with van der Waals surface area (Å²) in [6, 6.07) is 6.38. The first-order valence-electron chi connectivity index (χ1n) is 9.01. The summed E-state index contributed by atoms with van der Waals surface area (Å²) in [4.78, 5) is 12.8. The number of benzene rings is 1. The summed E-state index contributed by atoms with van der Waals surface area (Å²) in [5.74, 6) is 0.879. The van der Waals surface area contributed by atoms with E-state index in [0.717, 1.165) is 11.5 Å². The fourth-order valence-corrected chi connectivity index (χ4v) is 4.73. The average Bonchev–Trinajstić information content (AvgIpc) is 3.06. The Labute approximate surface area is 164 Å². The van der Waals surface area contributed by atoms with Crippen LogP contribution in [0.5, 0.6) is 5.75 Å². The van der Waals surface area contributed by atoms with Crippen LogP contribution >= 0.6 is 0 Å². The van der Waals surface area contributed by atoms with Gasteiger partial charge in [-0.15, -0.1) is 0 Å². The number of piperazine rings is 1. The van der Waals surface area contributed by atoms with E-state index in [0.29, 0.717) is 44.2 Å². The molecule has 0 bridgehead atoms. The highest BCUT2D eigenvalue weighted by Crippen LogP contribution is 2.29. The van der Waals surface area contributed by atoms with E-state index >= 15 is 0 Å². The lowest BCUT2D eigenvalue weighted by atomic mass is 10.3. The normalized spacial score (nSPS) is 16.1. The highest BCUT2D eigenvalue weighted by atomic mass is 32.2. The van der Waals surface area contributed by atoms with Gasteiger partial charge in [-0.25, -0.2) is 8.42 Å². The smallest absolute Gasteiger partial charge is 0.243 e. The van der Waals surface area contributed by atoms with Gasteiger partial charge < -0.3 is 19.5 Å². The van der Waals surface area contributed by atoms with E-state index < -0.39 is 10.0 Å². The predicted molar refractivity (Wildman–Crippen MR) is 102 cm³/mol. The molecule has 10 heteroatoms. The third-order valence-electron chi connectivity index (χ3n) is 4.66. The van der Waals surface area contributed by atoms with Gasteiger partial charge in [0.1, 0.15) is 23.7 Å². The van der Waals surface area contributed by atoms with E-state index in [1.807, 2.05) is 13.0 Å². The zero-order valence-corrected chi connectivity index (χ0v) is 17.0. The third kappa shape index (κ3) is 4.51. The van der Waals surface area contributed by atoms with Crippen LogP contribution in [0.3, 0.4) is 0 Å². The molecule has 1 aliphatic rings. The maximum absolute atomic E-state index is 13.0. The second kappa shape index (κ2) is 8.29. The molecule has 2 N–H and O–H groups in total. The van der Waals surface area contributed by atoms with Gasteiger partial charge in [-0.2, -0.15) is 4.31 Å². The van der Waals surface area contributed by atoms with Gasteiger partial charge in [0.15, 0.2) is 0 Å². The van der Waals surface area contributed by atoms with Crippen LogP contribution in [0.25, 0.3) is 0 Å². The molecule has 1 aromatic carbocycles. The molecule has 0 spiro atoms. The molecule has 0 aliphatic carbocycles. The molecule has 2 aromatic rings. The molecule has 9 nitrogen and oxygen atoms in total. The Hall–Kier alpha value is -2.43. The van der Waals surface area contributed by atoms with Gasteiger partial charge in [0, 0.05) is 13.0 Å². The minimum Gasteiger partial charge on any atom is -0.495 e. The van der Waals surface area contributed by atoms with Gasteiger partial charge >= 0.3 is 0 Å². The fraction of sp³-hybridized carbons (Fsp3) is 0.444. The van der Waals surface area contributed by atoms with Crippen LogP contribution < -0.4 is 15.0 Å². The molecule has 28 heavy (non-hydrogen) atoms. The van der Waals surface area contributed by atoms with Gasteiger partial charge in [0.2, 0.25) is 15.9 Å². The minimum atomic E-state index is -3.66. The number of carbonyl (C=O) groups is 1. The van der Waals surface area contributed by atoms with Crippen molar-refractivity contribution >= 4 is 21.6 Å². The second-order valence-corrected chi connectivity index (χ2v) is 8.74. The van der Waals surface area contributed by atoms with Crippen molar-refractivity contribution in [1.82, 2.24) is 9.46 Å². The van der Waals surface area contributed by atoms with Crippen LogP contribution in [-0.2, 0) is 21.4 Å². The zero-order valence-electron chi connectivity index (χ0n) is 16.2. The Balaban J connectivity index is 1.70. The van der Waals surface area contributed by atoms with E-state index in [1.165, 1.54) is 35.4 Å². The quantitative estimate of drug-likeness (QED) is 0.698. The number of sulfonamides is 1. The summed E-state index contributed by atoms with van der Waals surface area (Å²) in [6.45, 7) is 6.10. The predicted octanol–water partition coefficient (Wildman–Crippen LogP) is 0.0394. The van der Waals surface area contributed by atoms with Crippen LogP contribution in [0.4, 0.5) is 5.69 Å². The maximum atomic E-state index is 13.0. The molecule has 1 fully saturated rings. The van der Waals surface area contributed by atoms with Crippen molar-refractivity contribution in [3.8, 4) is 5.75 Å². The van der Waals surface area contributed by atoms with Crippen LogP contribution in [0.1, 0.15) is 18.4 Å². The highest BCUT2D eigenvalue weighted by molar-refractivity contribution is 7.89. The molecule has 1 aromatic heterocycles. The number of aryl methyl sites for hydroxylation is 1. The number of ether oxygens (including phenoxy) is 1. The van der Waals surface area contributed by atoms with Gasteiger partial charge in [-0.1, -0.05) is 5.16 Å². The summed E-state index contributed by atoms with van der Waals surface area (Å²) >= 11 is 0. The summed E-state index contributed by atoms with van der Waals surface area (Å²) in [6.07, 6.45) is 0. The van der Waals surface area contributed by atoms with Gasteiger partial charge in [0.05, 0.1) is 43.9 Å². The number of methoxy groups -OCH3 is 1. The van der Waals surface area contributed by atoms with Crippen molar-refractivity contribution in [3.63, 3.8) is 0 Å². The summed E-state index contributed by atoms with van der Waals surface area (Å²) in [5.41, 5.74) is 1.21. The lowest BCUT2D eigenvalue weighted by Gasteiger charge is -2.31. The number of hydrogen-bond acceptors (Lipinski definition) is 6. The van der Waals surface area contributed by atoms with Crippen molar-refractivity contribution in [2.24, 2.45) is 0 Å². The number of nitrogens with one attached hydrogen (secondary N) is 2. The lowest BCUT2D eigenvalue weighted by molar-refractivity contribution is -0.917. The van der Waals surface area contributed by atoms with Crippen molar-refractivity contribution in [2.75, 3.05) is 38.6 Å². The molecule has 0 atom stereocenters. The van der Waals surface area contributed by atoms with Crippen LogP contribution in [0.2, 0.25) is 0 Å². The Morgan fingerprint density at radius 1 is 1.32 bits per heavy atom. The Morgan fingerprint density at radius 3 is 2.61 bits per heavy atom. The maximum Gasteiger partial charge on any atom is 0.243 e. The molecular weight excluding hydrogens is 384 g/mol. The van der Waals surface area contributed by atoms with E-state index in [1.54, 1.807) is 6.07 Å². The van der Waals surface area contributed by atoms with Crippen LogP contribution in [0, 0.1) is 6.92 Å². The van der Waals surface area contributed by atoms with Crippen molar-refractivity contribution < 1.29 is 27.4 Å². The highest BCUT2D eigenvalue weighted by Gasteiger charge is 2.31. The molecule has 0 radical (unpaired) electrons. The molecular formula is C18H25N4O5S+. The fourth-order valence-electron chi connectivity index (χ4n) is 3.26. The van der Waals surface area contributed by atoms with E-state index in [4.69, 9.17) is 9.26 Å². The van der Waals surface area contributed by atoms with E-state index in [-0.39, 0.29) is 10.8 Å².